The zero-order valence-corrected chi connectivity index (χ0v) is 17.4. The number of methoxy groups -OCH3 is 1. The Bertz CT molecular complexity index is 851. The summed E-state index contributed by atoms with van der Waals surface area (Å²) in [6, 6.07) is 9.68. The molecule has 1 aliphatic heterocycles. The molecule has 0 saturated carbocycles. The summed E-state index contributed by atoms with van der Waals surface area (Å²) in [7, 11) is 1.36. The van der Waals surface area contributed by atoms with Gasteiger partial charge in [-0.1, -0.05) is 43.7 Å². The van der Waals surface area contributed by atoms with Crippen LogP contribution in [0, 0.1) is 12.8 Å². The van der Waals surface area contributed by atoms with E-state index in [2.05, 4.69) is 4.98 Å². The van der Waals surface area contributed by atoms with E-state index in [1.54, 1.807) is 6.92 Å². The molecule has 2 aromatic rings. The van der Waals surface area contributed by atoms with Crippen LogP contribution in [-0.2, 0) is 11.2 Å². The number of H-pyrrole nitrogens is 1. The second-order valence-electron chi connectivity index (χ2n) is 7.71. The van der Waals surface area contributed by atoms with Gasteiger partial charge in [0, 0.05) is 18.8 Å². The molecule has 1 aromatic heterocycles. The third-order valence-electron chi connectivity index (χ3n) is 5.81. The van der Waals surface area contributed by atoms with Gasteiger partial charge in [0.25, 0.3) is 5.91 Å². The van der Waals surface area contributed by atoms with Crippen molar-refractivity contribution in [3.05, 3.63) is 58.4 Å². The minimum atomic E-state index is -0.511. The number of aliphatic hydroxyl groups excluding tert-OH is 1. The first kappa shape index (κ1) is 21.1. The van der Waals surface area contributed by atoms with Crippen LogP contribution in [0.25, 0.3) is 0 Å². The smallest absolute Gasteiger partial charge is 0.339 e. The van der Waals surface area contributed by atoms with Crippen LogP contribution in [0.1, 0.15) is 70.0 Å². The van der Waals surface area contributed by atoms with Crippen molar-refractivity contribution in [2.75, 3.05) is 20.2 Å². The number of rotatable bonds is 6. The molecule has 1 unspecified atom stereocenters. The summed E-state index contributed by atoms with van der Waals surface area (Å²) < 4.78 is 4.91. The van der Waals surface area contributed by atoms with Gasteiger partial charge in [0.2, 0.25) is 0 Å². The Kier molecular flexibility index (Phi) is 6.75. The van der Waals surface area contributed by atoms with E-state index in [1.165, 1.54) is 7.11 Å². The van der Waals surface area contributed by atoms with E-state index in [-0.39, 0.29) is 11.8 Å². The van der Waals surface area contributed by atoms with Crippen LogP contribution in [0.5, 0.6) is 0 Å². The van der Waals surface area contributed by atoms with E-state index in [1.807, 2.05) is 42.2 Å². The van der Waals surface area contributed by atoms with Gasteiger partial charge >= 0.3 is 5.97 Å². The summed E-state index contributed by atoms with van der Waals surface area (Å²) in [4.78, 5) is 30.3. The number of likely N-dealkylation sites (tertiary alicyclic amines) is 1. The Hall–Kier alpha value is -2.60. The lowest BCUT2D eigenvalue weighted by atomic mass is 9.87. The summed E-state index contributed by atoms with van der Waals surface area (Å²) in [5.41, 5.74) is 3.30. The largest absolute Gasteiger partial charge is 0.465 e. The molecule has 2 N–H and O–H groups in total. The van der Waals surface area contributed by atoms with Crippen LogP contribution >= 0.6 is 0 Å². The fourth-order valence-electron chi connectivity index (χ4n) is 4.24. The normalized spacial score (nSPS) is 15.9. The lowest BCUT2D eigenvalue weighted by Crippen LogP contribution is -2.40. The molecule has 1 aliphatic rings. The van der Waals surface area contributed by atoms with Gasteiger partial charge in [-0.2, -0.15) is 0 Å². The number of carbonyl (C=O) groups excluding carboxylic acids is 2. The highest BCUT2D eigenvalue weighted by atomic mass is 16.5. The standard InChI is InChI=1S/C23H30N2O4/c1-4-8-18-19(23(28)29-3)15(2)24-20(18)22(27)25-13-11-17(12-14-25)21(26)16-9-6-5-7-10-16/h5-7,9-10,17,21,24,26H,4,8,11-14H2,1-3H3. The minimum Gasteiger partial charge on any atom is -0.465 e. The van der Waals surface area contributed by atoms with E-state index in [0.717, 1.165) is 30.4 Å². The molecule has 0 aliphatic carbocycles. The fraction of sp³-hybridized carbons (Fsp3) is 0.478. The third-order valence-corrected chi connectivity index (χ3v) is 5.81. The van der Waals surface area contributed by atoms with Gasteiger partial charge in [0.1, 0.15) is 5.69 Å². The lowest BCUT2D eigenvalue weighted by Gasteiger charge is -2.34. The van der Waals surface area contributed by atoms with Gasteiger partial charge in [0.15, 0.2) is 0 Å². The molecule has 29 heavy (non-hydrogen) atoms. The minimum absolute atomic E-state index is 0.0839. The summed E-state index contributed by atoms with van der Waals surface area (Å²) in [6.07, 6.45) is 2.44. The molecule has 1 saturated heterocycles. The predicted molar refractivity (Wildman–Crippen MR) is 111 cm³/mol. The molecule has 0 bridgehead atoms. The van der Waals surface area contributed by atoms with Crippen molar-refractivity contribution in [2.24, 2.45) is 5.92 Å². The molecule has 1 aromatic carbocycles. The van der Waals surface area contributed by atoms with E-state index in [9.17, 15) is 14.7 Å². The average molecular weight is 399 g/mol. The van der Waals surface area contributed by atoms with E-state index in [0.29, 0.717) is 36.5 Å². The number of hydrogen-bond acceptors (Lipinski definition) is 4. The molecule has 0 radical (unpaired) electrons. The predicted octanol–water partition coefficient (Wildman–Crippen LogP) is 3.65. The number of aryl methyl sites for hydroxylation is 1. The molecule has 1 fully saturated rings. The number of carbonyl (C=O) groups is 2. The SMILES string of the molecule is CCCc1c(C(=O)N2CCC(C(O)c3ccccc3)CC2)[nH]c(C)c1C(=O)OC. The van der Waals surface area contributed by atoms with Crippen molar-refractivity contribution in [3.63, 3.8) is 0 Å². The number of benzene rings is 1. The number of piperidine rings is 1. The van der Waals surface area contributed by atoms with Gasteiger partial charge in [-0.15, -0.1) is 0 Å². The topological polar surface area (TPSA) is 82.6 Å². The molecule has 1 amide bonds. The van der Waals surface area contributed by atoms with Crippen molar-refractivity contribution >= 4 is 11.9 Å². The van der Waals surface area contributed by atoms with Crippen molar-refractivity contribution in [1.29, 1.82) is 0 Å². The molecule has 6 heteroatoms. The van der Waals surface area contributed by atoms with Crippen molar-refractivity contribution in [1.82, 2.24) is 9.88 Å². The van der Waals surface area contributed by atoms with Crippen LogP contribution in [0.15, 0.2) is 30.3 Å². The first-order valence-corrected chi connectivity index (χ1v) is 10.3. The highest BCUT2D eigenvalue weighted by molar-refractivity contribution is 6.00. The highest BCUT2D eigenvalue weighted by Crippen LogP contribution is 2.32. The lowest BCUT2D eigenvalue weighted by molar-refractivity contribution is 0.0458. The maximum Gasteiger partial charge on any atom is 0.339 e. The van der Waals surface area contributed by atoms with Gasteiger partial charge in [-0.25, -0.2) is 4.79 Å². The Morgan fingerprint density at radius 3 is 2.48 bits per heavy atom. The van der Waals surface area contributed by atoms with Crippen LogP contribution < -0.4 is 0 Å². The molecule has 2 heterocycles. The van der Waals surface area contributed by atoms with Gasteiger partial charge in [-0.05, 0) is 43.2 Å². The summed E-state index contributed by atoms with van der Waals surface area (Å²) in [5.74, 6) is -0.363. The number of hydrogen-bond donors (Lipinski definition) is 2. The number of ether oxygens (including phenoxy) is 1. The van der Waals surface area contributed by atoms with Crippen molar-refractivity contribution in [3.8, 4) is 0 Å². The van der Waals surface area contributed by atoms with E-state index in [4.69, 9.17) is 4.74 Å². The number of aromatic nitrogens is 1. The van der Waals surface area contributed by atoms with E-state index < -0.39 is 12.1 Å². The maximum absolute atomic E-state index is 13.2. The second-order valence-corrected chi connectivity index (χ2v) is 7.71. The molecule has 1 atom stereocenters. The van der Waals surface area contributed by atoms with Crippen LogP contribution in [0.3, 0.4) is 0 Å². The first-order chi connectivity index (χ1) is 14.0. The molecule has 3 rings (SSSR count). The Morgan fingerprint density at radius 2 is 1.90 bits per heavy atom. The molecular weight excluding hydrogens is 368 g/mol. The number of amides is 1. The van der Waals surface area contributed by atoms with E-state index >= 15 is 0 Å². The Morgan fingerprint density at radius 1 is 1.24 bits per heavy atom. The highest BCUT2D eigenvalue weighted by Gasteiger charge is 2.32. The number of esters is 1. The van der Waals surface area contributed by atoms with Crippen LogP contribution in [0.4, 0.5) is 0 Å². The number of aromatic amines is 1. The summed E-state index contributed by atoms with van der Waals surface area (Å²) >= 11 is 0. The van der Waals surface area contributed by atoms with Crippen molar-refractivity contribution < 1.29 is 19.4 Å². The zero-order valence-electron chi connectivity index (χ0n) is 17.4. The van der Waals surface area contributed by atoms with Crippen LogP contribution in [0.2, 0.25) is 0 Å². The molecule has 0 spiro atoms. The van der Waals surface area contributed by atoms with Gasteiger partial charge in [0.05, 0.1) is 18.8 Å². The molecule has 156 valence electrons. The maximum atomic E-state index is 13.2. The number of nitrogens with one attached hydrogen (secondary N) is 1. The second kappa shape index (κ2) is 9.27. The fourth-order valence-corrected chi connectivity index (χ4v) is 4.24. The number of aliphatic hydroxyl groups is 1. The third kappa shape index (κ3) is 4.37. The first-order valence-electron chi connectivity index (χ1n) is 10.3. The van der Waals surface area contributed by atoms with Crippen molar-refractivity contribution in [2.45, 2.75) is 45.6 Å². The monoisotopic (exact) mass is 398 g/mol. The molecule has 6 nitrogen and oxygen atoms in total. The molecular formula is C23H30N2O4. The average Bonchev–Trinajstić information content (AvgIpc) is 3.09. The van der Waals surface area contributed by atoms with Crippen LogP contribution in [-0.4, -0.2) is 47.1 Å². The quantitative estimate of drug-likeness (QED) is 0.728. The Labute approximate surface area is 171 Å². The Balaban J connectivity index is 1.73. The van der Waals surface area contributed by atoms with Gasteiger partial charge in [-0.3, -0.25) is 4.79 Å². The number of nitrogens with zero attached hydrogens (tertiary/aromatic N) is 1. The summed E-state index contributed by atoms with van der Waals surface area (Å²) in [6.45, 7) is 4.99. The summed E-state index contributed by atoms with van der Waals surface area (Å²) in [5, 5.41) is 10.7. The van der Waals surface area contributed by atoms with Gasteiger partial charge < -0.3 is 19.7 Å². The zero-order chi connectivity index (χ0) is 21.0.